The van der Waals surface area contributed by atoms with E-state index in [1.54, 1.807) is 12.1 Å². The lowest BCUT2D eigenvalue weighted by atomic mass is 9.95. The van der Waals surface area contributed by atoms with Crippen molar-refractivity contribution in [1.82, 2.24) is 10.2 Å². The van der Waals surface area contributed by atoms with Gasteiger partial charge in [0.1, 0.15) is 24.2 Å². The van der Waals surface area contributed by atoms with Gasteiger partial charge in [-0.05, 0) is 80.3 Å². The number of nitrogens with zero attached hydrogens (tertiary/aromatic N) is 2. The normalized spacial score (nSPS) is 14.5. The van der Waals surface area contributed by atoms with Crippen LogP contribution in [0.15, 0.2) is 83.8 Å². The Labute approximate surface area is 253 Å². The van der Waals surface area contributed by atoms with E-state index in [2.05, 4.69) is 5.32 Å². The molecule has 2 amide bonds. The molecule has 0 unspecified atom stereocenters. The summed E-state index contributed by atoms with van der Waals surface area (Å²) in [6.07, 6.45) is 5.37. The number of anilines is 1. The van der Waals surface area contributed by atoms with Gasteiger partial charge in [-0.1, -0.05) is 56.5 Å². The van der Waals surface area contributed by atoms with Crippen LogP contribution < -0.4 is 14.4 Å². The molecule has 1 atom stereocenters. The van der Waals surface area contributed by atoms with Gasteiger partial charge in [0, 0.05) is 12.6 Å². The van der Waals surface area contributed by atoms with E-state index >= 15 is 0 Å². The largest absolute Gasteiger partial charge is 0.494 e. The lowest BCUT2D eigenvalue weighted by molar-refractivity contribution is -0.140. The molecule has 8 nitrogen and oxygen atoms in total. The van der Waals surface area contributed by atoms with E-state index in [1.165, 1.54) is 29.2 Å². The van der Waals surface area contributed by atoms with Gasteiger partial charge in [-0.15, -0.1) is 0 Å². The summed E-state index contributed by atoms with van der Waals surface area (Å²) < 4.78 is 48.2. The molecule has 0 aliphatic heterocycles. The summed E-state index contributed by atoms with van der Waals surface area (Å²) in [5, 5.41) is 3.14. The fraction of sp³-hybridized carbons (Fsp3) is 0.394. The van der Waals surface area contributed by atoms with E-state index in [-0.39, 0.29) is 29.1 Å². The van der Waals surface area contributed by atoms with Crippen LogP contribution in [0.25, 0.3) is 0 Å². The first kappa shape index (κ1) is 32.0. The molecule has 3 aromatic rings. The summed E-state index contributed by atoms with van der Waals surface area (Å²) in [5.41, 5.74) is 0.936. The molecule has 10 heteroatoms. The number of carbonyl (C=O) groups is 2. The Bertz CT molecular complexity index is 1440. The zero-order valence-corrected chi connectivity index (χ0v) is 25.6. The maximum Gasteiger partial charge on any atom is 0.264 e. The summed E-state index contributed by atoms with van der Waals surface area (Å²) >= 11 is 0. The highest BCUT2D eigenvalue weighted by molar-refractivity contribution is 7.92. The van der Waals surface area contributed by atoms with Gasteiger partial charge in [0.05, 0.1) is 17.2 Å². The van der Waals surface area contributed by atoms with Crippen molar-refractivity contribution in [2.45, 2.75) is 75.9 Å². The van der Waals surface area contributed by atoms with Gasteiger partial charge in [-0.3, -0.25) is 13.9 Å². The number of sulfonamides is 1. The second-order valence-electron chi connectivity index (χ2n) is 10.7. The van der Waals surface area contributed by atoms with Gasteiger partial charge >= 0.3 is 0 Å². The van der Waals surface area contributed by atoms with E-state index < -0.39 is 34.3 Å². The molecule has 0 heterocycles. The average molecular weight is 610 g/mol. The molecule has 1 aliphatic carbocycles. The smallest absolute Gasteiger partial charge is 0.264 e. The molecule has 1 N–H and O–H groups in total. The molecule has 0 spiro atoms. The first-order chi connectivity index (χ1) is 20.7. The van der Waals surface area contributed by atoms with Crippen molar-refractivity contribution in [3.63, 3.8) is 0 Å². The zero-order valence-electron chi connectivity index (χ0n) is 24.7. The molecule has 3 aromatic carbocycles. The third kappa shape index (κ3) is 8.34. The van der Waals surface area contributed by atoms with Crippen LogP contribution in [-0.2, 0) is 26.2 Å². The Morgan fingerprint density at radius 3 is 2.19 bits per heavy atom. The highest BCUT2D eigenvalue weighted by Crippen LogP contribution is 2.27. The number of benzene rings is 3. The topological polar surface area (TPSA) is 96.0 Å². The second-order valence-corrected chi connectivity index (χ2v) is 12.5. The highest BCUT2D eigenvalue weighted by atomic mass is 32.2. The van der Waals surface area contributed by atoms with Gasteiger partial charge in [0.15, 0.2) is 0 Å². The monoisotopic (exact) mass is 609 g/mol. The highest BCUT2D eigenvalue weighted by Gasteiger charge is 2.34. The Morgan fingerprint density at radius 2 is 1.58 bits per heavy atom. The predicted molar refractivity (Wildman–Crippen MR) is 165 cm³/mol. The molecule has 43 heavy (non-hydrogen) atoms. The molecule has 1 saturated carbocycles. The summed E-state index contributed by atoms with van der Waals surface area (Å²) in [6, 6.07) is 19.4. The number of amides is 2. The van der Waals surface area contributed by atoms with E-state index in [0.29, 0.717) is 18.8 Å². The van der Waals surface area contributed by atoms with E-state index in [0.717, 1.165) is 54.1 Å². The Morgan fingerprint density at radius 1 is 0.930 bits per heavy atom. The van der Waals surface area contributed by atoms with Crippen LogP contribution in [-0.4, -0.2) is 50.4 Å². The van der Waals surface area contributed by atoms with E-state index in [1.807, 2.05) is 44.2 Å². The third-order valence-corrected chi connectivity index (χ3v) is 9.44. The van der Waals surface area contributed by atoms with Gasteiger partial charge in [-0.25, -0.2) is 12.8 Å². The number of hydrogen-bond donors (Lipinski definition) is 1. The number of rotatable bonds is 13. The number of halogens is 1. The quantitative estimate of drug-likeness (QED) is 0.269. The molecular formula is C33H40FN3O5S. The molecule has 0 saturated heterocycles. The van der Waals surface area contributed by atoms with Crippen molar-refractivity contribution in [1.29, 1.82) is 0 Å². The van der Waals surface area contributed by atoms with Gasteiger partial charge in [-0.2, -0.15) is 0 Å². The number of nitrogens with one attached hydrogen (secondary N) is 1. The molecule has 4 rings (SSSR count). The van der Waals surface area contributed by atoms with Crippen LogP contribution in [0.2, 0.25) is 0 Å². The van der Waals surface area contributed by atoms with E-state index in [9.17, 15) is 22.4 Å². The van der Waals surface area contributed by atoms with Crippen LogP contribution in [0, 0.1) is 5.82 Å². The molecule has 0 radical (unpaired) electrons. The Hall–Kier alpha value is -3.92. The minimum atomic E-state index is -4.27. The minimum absolute atomic E-state index is 0.0511. The molecular weight excluding hydrogens is 569 g/mol. The second kappa shape index (κ2) is 15.0. The molecule has 1 aliphatic rings. The molecule has 0 aromatic heterocycles. The maximum atomic E-state index is 14.2. The van der Waals surface area contributed by atoms with Crippen LogP contribution in [0.4, 0.5) is 10.1 Å². The number of hydrogen-bond acceptors (Lipinski definition) is 5. The van der Waals surface area contributed by atoms with Crippen molar-refractivity contribution in [3.05, 3.63) is 90.2 Å². The SMILES string of the molecule is CCOc1ccc(S(=O)(=O)N(CC(=O)N(Cc2ccccc2)[C@@H](CC)C(=O)NC2CCCCC2)c2ccc(F)cc2)cc1. The third-order valence-electron chi connectivity index (χ3n) is 7.65. The molecule has 0 bridgehead atoms. The first-order valence-corrected chi connectivity index (χ1v) is 16.3. The van der Waals surface area contributed by atoms with Gasteiger partial charge < -0.3 is 15.0 Å². The Balaban J connectivity index is 1.68. The van der Waals surface area contributed by atoms with Crippen LogP contribution in [0.3, 0.4) is 0 Å². The predicted octanol–water partition coefficient (Wildman–Crippen LogP) is 5.68. The summed E-state index contributed by atoms with van der Waals surface area (Å²) in [7, 11) is -4.27. The van der Waals surface area contributed by atoms with Gasteiger partial charge in [0.2, 0.25) is 11.8 Å². The molecule has 1 fully saturated rings. The fourth-order valence-corrected chi connectivity index (χ4v) is 6.80. The summed E-state index contributed by atoms with van der Waals surface area (Å²) in [6.45, 7) is 3.63. The van der Waals surface area contributed by atoms with E-state index in [4.69, 9.17) is 4.74 Å². The molecule has 230 valence electrons. The van der Waals surface area contributed by atoms with Crippen molar-refractivity contribution in [2.24, 2.45) is 0 Å². The summed E-state index contributed by atoms with van der Waals surface area (Å²) in [5.74, 6) is -0.825. The van der Waals surface area contributed by atoms with Crippen LogP contribution in [0.1, 0.15) is 57.9 Å². The first-order valence-electron chi connectivity index (χ1n) is 14.9. The van der Waals surface area contributed by atoms with Crippen LogP contribution >= 0.6 is 0 Å². The summed E-state index contributed by atoms with van der Waals surface area (Å²) in [4.78, 5) is 29.1. The number of carbonyl (C=O) groups excluding carboxylic acids is 2. The van der Waals surface area contributed by atoms with Crippen molar-refractivity contribution in [3.8, 4) is 5.75 Å². The standard InChI is InChI=1S/C33H40FN3O5S/c1-3-31(33(39)35-27-13-9-6-10-14-27)36(23-25-11-7-5-8-12-25)32(38)24-37(28-17-15-26(34)16-18-28)43(40,41)30-21-19-29(20-22-30)42-4-2/h5,7-8,11-12,15-22,27,31H,3-4,6,9-10,13-14,23-24H2,1-2H3,(H,35,39)/t31-/m0/s1. The lowest BCUT2D eigenvalue weighted by Crippen LogP contribution is -2.54. The Kier molecular flexibility index (Phi) is 11.2. The minimum Gasteiger partial charge on any atom is -0.494 e. The van der Waals surface area contributed by atoms with Crippen molar-refractivity contribution in [2.75, 3.05) is 17.5 Å². The lowest BCUT2D eigenvalue weighted by Gasteiger charge is -2.34. The number of ether oxygens (including phenoxy) is 1. The van der Waals surface area contributed by atoms with Gasteiger partial charge in [0.25, 0.3) is 10.0 Å². The van der Waals surface area contributed by atoms with Crippen LogP contribution in [0.5, 0.6) is 5.75 Å². The fourth-order valence-electron chi connectivity index (χ4n) is 5.38. The maximum absolute atomic E-state index is 14.2. The van der Waals surface area contributed by atoms with Crippen molar-refractivity contribution < 1.29 is 27.1 Å². The van der Waals surface area contributed by atoms with Crippen molar-refractivity contribution >= 4 is 27.5 Å². The average Bonchev–Trinajstić information content (AvgIpc) is 3.01. The zero-order chi connectivity index (χ0) is 30.8.